The molecule has 0 bridgehead atoms. The number of piperidine rings is 1. The molecule has 0 radical (unpaired) electrons. The van der Waals surface area contributed by atoms with Crippen molar-refractivity contribution in [3.8, 4) is 11.5 Å². The van der Waals surface area contributed by atoms with Crippen molar-refractivity contribution in [3.05, 3.63) is 52.9 Å². The van der Waals surface area contributed by atoms with Gasteiger partial charge in [-0.1, -0.05) is 17.7 Å². The van der Waals surface area contributed by atoms with Gasteiger partial charge < -0.3 is 4.42 Å². The van der Waals surface area contributed by atoms with E-state index in [-0.39, 0.29) is 0 Å². The highest BCUT2D eigenvalue weighted by Gasteiger charge is 2.25. The summed E-state index contributed by atoms with van der Waals surface area (Å²) >= 11 is 0. The van der Waals surface area contributed by atoms with Gasteiger partial charge in [0.2, 0.25) is 5.89 Å². The lowest BCUT2D eigenvalue weighted by atomic mass is 9.97. The third kappa shape index (κ3) is 3.55. The summed E-state index contributed by atoms with van der Waals surface area (Å²) in [6, 6.07) is 8.28. The van der Waals surface area contributed by atoms with Crippen LogP contribution < -0.4 is 0 Å². The summed E-state index contributed by atoms with van der Waals surface area (Å²) in [5.74, 6) is 3.81. The van der Waals surface area contributed by atoms with Gasteiger partial charge in [0.05, 0.1) is 5.69 Å². The number of aromatic nitrogens is 4. The average Bonchev–Trinajstić information content (AvgIpc) is 3.22. The Hall–Kier alpha value is -2.47. The minimum Gasteiger partial charge on any atom is -0.441 e. The van der Waals surface area contributed by atoms with Crippen LogP contribution in [0.3, 0.4) is 0 Å². The number of hydrogen-bond acceptors (Lipinski definition) is 5. The van der Waals surface area contributed by atoms with E-state index >= 15 is 0 Å². The molecule has 2 aromatic heterocycles. The molecule has 3 aromatic rings. The van der Waals surface area contributed by atoms with Crippen molar-refractivity contribution in [2.75, 3.05) is 13.1 Å². The molecule has 0 amide bonds. The quantitative estimate of drug-likeness (QED) is 0.775. The second kappa shape index (κ2) is 7.03. The van der Waals surface area contributed by atoms with Crippen molar-refractivity contribution in [1.82, 2.24) is 25.1 Å². The van der Waals surface area contributed by atoms with E-state index in [9.17, 15) is 0 Å². The van der Waals surface area contributed by atoms with Crippen molar-refractivity contribution >= 4 is 0 Å². The first kappa shape index (κ1) is 17.0. The van der Waals surface area contributed by atoms with Crippen LogP contribution in [0.1, 0.15) is 47.4 Å². The molecule has 3 heterocycles. The Kier molecular flexibility index (Phi) is 4.59. The number of nitrogens with one attached hydrogen (secondary N) is 1. The number of benzene rings is 1. The van der Waals surface area contributed by atoms with Crippen LogP contribution in [0.15, 0.2) is 28.7 Å². The van der Waals surface area contributed by atoms with E-state index in [1.807, 2.05) is 26.0 Å². The molecule has 1 aromatic carbocycles. The van der Waals surface area contributed by atoms with Crippen molar-refractivity contribution in [2.24, 2.45) is 0 Å². The maximum Gasteiger partial charge on any atom is 0.226 e. The average molecular weight is 351 g/mol. The fourth-order valence-corrected chi connectivity index (χ4v) is 3.64. The maximum atomic E-state index is 5.94. The number of nitrogens with zero attached hydrogens (tertiary/aromatic N) is 4. The third-order valence-electron chi connectivity index (χ3n) is 5.02. The number of oxazole rings is 1. The molecule has 136 valence electrons. The summed E-state index contributed by atoms with van der Waals surface area (Å²) in [4.78, 5) is 11.7. The highest BCUT2D eigenvalue weighted by Crippen LogP contribution is 2.27. The second-order valence-electron chi connectivity index (χ2n) is 7.24. The molecule has 1 aliphatic rings. The van der Waals surface area contributed by atoms with Crippen LogP contribution in [0.25, 0.3) is 11.5 Å². The molecule has 26 heavy (non-hydrogen) atoms. The number of aromatic amines is 1. The van der Waals surface area contributed by atoms with Gasteiger partial charge in [-0.05, 0) is 52.3 Å². The molecular formula is C20H25N5O. The fraction of sp³-hybridized carbons (Fsp3) is 0.450. The first-order chi connectivity index (χ1) is 12.6. The third-order valence-corrected chi connectivity index (χ3v) is 5.02. The van der Waals surface area contributed by atoms with Crippen LogP contribution in [0.4, 0.5) is 0 Å². The van der Waals surface area contributed by atoms with Crippen LogP contribution >= 0.6 is 0 Å². The van der Waals surface area contributed by atoms with Crippen molar-refractivity contribution < 1.29 is 4.42 Å². The summed E-state index contributed by atoms with van der Waals surface area (Å²) < 4.78 is 5.94. The molecule has 1 atom stereocenters. The minimum absolute atomic E-state index is 0.386. The Morgan fingerprint density at radius 2 is 2.12 bits per heavy atom. The number of likely N-dealkylation sites (tertiary alicyclic amines) is 1. The minimum atomic E-state index is 0.386. The Bertz CT molecular complexity index is 897. The lowest BCUT2D eigenvalue weighted by molar-refractivity contribution is 0.194. The van der Waals surface area contributed by atoms with Crippen LogP contribution in [-0.2, 0) is 6.54 Å². The lowest BCUT2D eigenvalue weighted by Gasteiger charge is -2.30. The molecule has 1 unspecified atom stereocenters. The Labute approximate surface area is 153 Å². The summed E-state index contributed by atoms with van der Waals surface area (Å²) in [6.45, 7) is 8.87. The van der Waals surface area contributed by atoms with E-state index in [2.05, 4.69) is 39.1 Å². The van der Waals surface area contributed by atoms with Crippen LogP contribution in [-0.4, -0.2) is 38.2 Å². The van der Waals surface area contributed by atoms with Gasteiger partial charge in [0, 0.05) is 24.6 Å². The summed E-state index contributed by atoms with van der Waals surface area (Å²) in [7, 11) is 0. The Morgan fingerprint density at radius 3 is 2.88 bits per heavy atom. The molecule has 1 fully saturated rings. The van der Waals surface area contributed by atoms with Gasteiger partial charge in [0.25, 0.3) is 0 Å². The highest BCUT2D eigenvalue weighted by atomic mass is 16.4. The van der Waals surface area contributed by atoms with Gasteiger partial charge >= 0.3 is 0 Å². The fourth-order valence-electron chi connectivity index (χ4n) is 3.64. The molecule has 1 aliphatic heterocycles. The molecule has 1 N–H and O–H groups in total. The molecule has 0 aliphatic carbocycles. The molecule has 0 spiro atoms. The van der Waals surface area contributed by atoms with E-state index in [1.165, 1.54) is 5.56 Å². The molecule has 0 saturated carbocycles. The standard InChI is InChI=1S/C20H25N5O/c1-13-6-4-7-16(10-13)20-22-18(14(2)26-20)12-25-9-5-8-17(11-25)19-21-15(3)23-24-19/h4,6-7,10,17H,5,8-9,11-12H2,1-3H3,(H,21,23,24). The van der Waals surface area contributed by atoms with Gasteiger partial charge in [0.15, 0.2) is 5.82 Å². The Morgan fingerprint density at radius 1 is 1.23 bits per heavy atom. The zero-order valence-corrected chi connectivity index (χ0v) is 15.6. The second-order valence-corrected chi connectivity index (χ2v) is 7.24. The Balaban J connectivity index is 1.48. The SMILES string of the molecule is Cc1cccc(-c2nc(CN3CCCC(c4n[nH]c(C)n4)C3)c(C)o2)c1. The predicted molar refractivity (Wildman–Crippen MR) is 99.8 cm³/mol. The van der Waals surface area contributed by atoms with E-state index in [0.717, 1.165) is 61.1 Å². The largest absolute Gasteiger partial charge is 0.441 e. The van der Waals surface area contributed by atoms with E-state index in [1.54, 1.807) is 0 Å². The molecule has 4 rings (SSSR count). The number of rotatable bonds is 4. The summed E-state index contributed by atoms with van der Waals surface area (Å²) in [6.07, 6.45) is 2.29. The van der Waals surface area contributed by atoms with E-state index in [0.29, 0.717) is 11.8 Å². The smallest absolute Gasteiger partial charge is 0.226 e. The zero-order valence-electron chi connectivity index (χ0n) is 15.6. The molecular weight excluding hydrogens is 326 g/mol. The molecule has 6 heteroatoms. The highest BCUT2D eigenvalue weighted by molar-refractivity contribution is 5.54. The number of H-pyrrole nitrogens is 1. The van der Waals surface area contributed by atoms with Crippen molar-refractivity contribution in [1.29, 1.82) is 0 Å². The maximum absolute atomic E-state index is 5.94. The van der Waals surface area contributed by atoms with Crippen LogP contribution in [0, 0.1) is 20.8 Å². The zero-order chi connectivity index (χ0) is 18.1. The first-order valence-corrected chi connectivity index (χ1v) is 9.23. The van der Waals surface area contributed by atoms with Gasteiger partial charge in [-0.15, -0.1) is 0 Å². The number of aryl methyl sites for hydroxylation is 3. The summed E-state index contributed by atoms with van der Waals surface area (Å²) in [5.41, 5.74) is 3.26. The topological polar surface area (TPSA) is 70.8 Å². The van der Waals surface area contributed by atoms with Gasteiger partial charge in [-0.3, -0.25) is 10.00 Å². The van der Waals surface area contributed by atoms with Crippen molar-refractivity contribution in [3.63, 3.8) is 0 Å². The monoisotopic (exact) mass is 351 g/mol. The van der Waals surface area contributed by atoms with Crippen molar-refractivity contribution in [2.45, 2.75) is 46.1 Å². The molecule has 6 nitrogen and oxygen atoms in total. The lowest BCUT2D eigenvalue weighted by Crippen LogP contribution is -2.34. The normalized spacial score (nSPS) is 18.3. The first-order valence-electron chi connectivity index (χ1n) is 9.23. The van der Waals surface area contributed by atoms with E-state index < -0.39 is 0 Å². The summed E-state index contributed by atoms with van der Waals surface area (Å²) in [5, 5.41) is 7.31. The van der Waals surface area contributed by atoms with Gasteiger partial charge in [0.1, 0.15) is 11.6 Å². The number of hydrogen-bond donors (Lipinski definition) is 1. The molecule has 1 saturated heterocycles. The van der Waals surface area contributed by atoms with Gasteiger partial charge in [-0.2, -0.15) is 5.10 Å². The predicted octanol–water partition coefficient (Wildman–Crippen LogP) is 3.76. The van der Waals surface area contributed by atoms with E-state index in [4.69, 9.17) is 9.40 Å². The van der Waals surface area contributed by atoms with Crippen LogP contribution in [0.5, 0.6) is 0 Å². The van der Waals surface area contributed by atoms with Crippen LogP contribution in [0.2, 0.25) is 0 Å². The van der Waals surface area contributed by atoms with Gasteiger partial charge in [-0.25, -0.2) is 9.97 Å².